The lowest BCUT2D eigenvalue weighted by molar-refractivity contribution is 0.0113. The molecule has 84 valence electrons. The van der Waals surface area contributed by atoms with Crippen molar-refractivity contribution in [2.45, 2.75) is 51.6 Å². The van der Waals surface area contributed by atoms with Gasteiger partial charge in [-0.25, -0.2) is 0 Å². The molecule has 15 heavy (non-hydrogen) atoms. The van der Waals surface area contributed by atoms with Crippen LogP contribution in [0.5, 0.6) is 0 Å². The molecule has 1 N–H and O–H groups in total. The largest absolute Gasteiger partial charge is 0.384 e. The van der Waals surface area contributed by atoms with E-state index in [2.05, 4.69) is 18.8 Å². The summed E-state index contributed by atoms with van der Waals surface area (Å²) in [5, 5.41) is 10.6. The van der Waals surface area contributed by atoms with E-state index in [4.69, 9.17) is 0 Å². The first-order chi connectivity index (χ1) is 7.23. The Morgan fingerprint density at radius 3 is 2.53 bits per heavy atom. The van der Waals surface area contributed by atoms with E-state index in [1.165, 1.54) is 0 Å². The third-order valence-corrected chi connectivity index (χ3v) is 2.75. The maximum absolute atomic E-state index is 10.6. The number of hydrogen-bond acceptors (Lipinski definition) is 2. The van der Waals surface area contributed by atoms with Crippen LogP contribution in [-0.2, 0) is 5.60 Å². The van der Waals surface area contributed by atoms with Gasteiger partial charge in [0.15, 0.2) is 0 Å². The molecule has 0 aliphatic rings. The van der Waals surface area contributed by atoms with Gasteiger partial charge in [-0.05, 0) is 25.0 Å². The van der Waals surface area contributed by atoms with Crippen LogP contribution in [0.1, 0.15) is 51.6 Å². The number of nitrogens with zero attached hydrogens (tertiary/aromatic N) is 1. The van der Waals surface area contributed by atoms with Crippen LogP contribution in [-0.4, -0.2) is 10.1 Å². The van der Waals surface area contributed by atoms with E-state index in [-0.39, 0.29) is 0 Å². The van der Waals surface area contributed by atoms with E-state index in [1.807, 2.05) is 18.2 Å². The highest BCUT2D eigenvalue weighted by Crippen LogP contribution is 2.30. The predicted molar refractivity (Wildman–Crippen MR) is 62.6 cm³/mol. The van der Waals surface area contributed by atoms with Crippen LogP contribution >= 0.6 is 0 Å². The summed E-state index contributed by atoms with van der Waals surface area (Å²) in [6.07, 6.45) is 6.50. The van der Waals surface area contributed by atoms with Crippen molar-refractivity contribution in [2.75, 3.05) is 0 Å². The van der Waals surface area contributed by atoms with Gasteiger partial charge in [0.1, 0.15) is 5.60 Å². The van der Waals surface area contributed by atoms with Crippen molar-refractivity contribution >= 4 is 0 Å². The second kappa shape index (κ2) is 5.86. The fraction of sp³-hybridized carbons (Fsp3) is 0.615. The van der Waals surface area contributed by atoms with E-state index in [1.54, 1.807) is 6.20 Å². The van der Waals surface area contributed by atoms with Gasteiger partial charge in [0.25, 0.3) is 0 Å². The zero-order valence-corrected chi connectivity index (χ0v) is 9.74. The Morgan fingerprint density at radius 1 is 1.20 bits per heavy atom. The number of pyridine rings is 1. The van der Waals surface area contributed by atoms with E-state index in [9.17, 15) is 5.11 Å². The van der Waals surface area contributed by atoms with Crippen LogP contribution in [0.4, 0.5) is 0 Å². The van der Waals surface area contributed by atoms with Crippen LogP contribution in [0.25, 0.3) is 0 Å². The maximum atomic E-state index is 10.6. The molecule has 0 bridgehead atoms. The molecule has 1 heterocycles. The highest BCUT2D eigenvalue weighted by molar-refractivity contribution is 5.12. The van der Waals surface area contributed by atoms with Crippen molar-refractivity contribution in [2.24, 2.45) is 0 Å². The third-order valence-electron chi connectivity index (χ3n) is 2.75. The molecule has 0 radical (unpaired) electrons. The average molecular weight is 207 g/mol. The molecule has 1 unspecified atom stereocenters. The summed E-state index contributed by atoms with van der Waals surface area (Å²) in [5.74, 6) is 0. The fourth-order valence-electron chi connectivity index (χ4n) is 1.90. The molecule has 0 aliphatic carbocycles. The molecule has 0 spiro atoms. The normalized spacial score (nSPS) is 14.9. The minimum atomic E-state index is -0.716. The van der Waals surface area contributed by atoms with Gasteiger partial charge in [-0.3, -0.25) is 4.98 Å². The number of aromatic nitrogens is 1. The van der Waals surface area contributed by atoms with Gasteiger partial charge in [0, 0.05) is 6.20 Å². The summed E-state index contributed by atoms with van der Waals surface area (Å²) in [7, 11) is 0. The highest BCUT2D eigenvalue weighted by Gasteiger charge is 2.28. The van der Waals surface area contributed by atoms with E-state index in [0.717, 1.165) is 37.8 Å². The lowest BCUT2D eigenvalue weighted by Crippen LogP contribution is -2.26. The number of hydrogen-bond donors (Lipinski definition) is 1. The molecule has 0 fully saturated rings. The summed E-state index contributed by atoms with van der Waals surface area (Å²) in [6, 6.07) is 5.75. The Hall–Kier alpha value is -0.890. The second-order valence-electron chi connectivity index (χ2n) is 4.10. The quantitative estimate of drug-likeness (QED) is 0.776. The Bertz CT molecular complexity index is 273. The monoisotopic (exact) mass is 207 g/mol. The van der Waals surface area contributed by atoms with Gasteiger partial charge in [0.05, 0.1) is 5.69 Å². The average Bonchev–Trinajstić information content (AvgIpc) is 2.28. The van der Waals surface area contributed by atoms with Crippen LogP contribution < -0.4 is 0 Å². The summed E-state index contributed by atoms with van der Waals surface area (Å²) < 4.78 is 0. The molecule has 2 heteroatoms. The first-order valence-corrected chi connectivity index (χ1v) is 5.87. The van der Waals surface area contributed by atoms with Crippen molar-refractivity contribution < 1.29 is 5.11 Å². The van der Waals surface area contributed by atoms with Crippen molar-refractivity contribution in [3.05, 3.63) is 30.1 Å². The van der Waals surface area contributed by atoms with E-state index in [0.29, 0.717) is 0 Å². The topological polar surface area (TPSA) is 33.1 Å². The number of unbranched alkanes of at least 4 members (excludes halogenated alkanes) is 1. The van der Waals surface area contributed by atoms with Crippen molar-refractivity contribution in [1.29, 1.82) is 0 Å². The maximum Gasteiger partial charge on any atom is 0.106 e. The highest BCUT2D eigenvalue weighted by atomic mass is 16.3. The van der Waals surface area contributed by atoms with Crippen molar-refractivity contribution in [3.8, 4) is 0 Å². The second-order valence-corrected chi connectivity index (χ2v) is 4.10. The zero-order valence-electron chi connectivity index (χ0n) is 9.74. The van der Waals surface area contributed by atoms with Crippen LogP contribution in [0.3, 0.4) is 0 Å². The summed E-state index contributed by atoms with van der Waals surface area (Å²) in [4.78, 5) is 4.27. The van der Waals surface area contributed by atoms with Gasteiger partial charge in [0.2, 0.25) is 0 Å². The molecule has 0 amide bonds. The number of aliphatic hydroxyl groups is 1. The van der Waals surface area contributed by atoms with E-state index >= 15 is 0 Å². The Labute approximate surface area is 92.4 Å². The van der Waals surface area contributed by atoms with Gasteiger partial charge in [-0.1, -0.05) is 39.2 Å². The lowest BCUT2D eigenvalue weighted by Gasteiger charge is -2.27. The smallest absolute Gasteiger partial charge is 0.106 e. The van der Waals surface area contributed by atoms with Crippen LogP contribution in [0, 0.1) is 0 Å². The van der Waals surface area contributed by atoms with Crippen LogP contribution in [0.15, 0.2) is 24.4 Å². The first kappa shape index (κ1) is 12.2. The minimum absolute atomic E-state index is 0.716. The standard InChI is InChI=1S/C13H21NO/c1-3-5-10-13(15,9-4-2)12-8-6-7-11-14-12/h6-8,11,15H,3-5,9-10H2,1-2H3. The summed E-state index contributed by atoms with van der Waals surface area (Å²) in [5.41, 5.74) is 0.103. The van der Waals surface area contributed by atoms with Crippen molar-refractivity contribution in [3.63, 3.8) is 0 Å². The van der Waals surface area contributed by atoms with Gasteiger partial charge < -0.3 is 5.11 Å². The molecule has 0 saturated heterocycles. The molecule has 0 aromatic carbocycles. The molecule has 2 nitrogen and oxygen atoms in total. The molecule has 0 saturated carbocycles. The molecule has 1 aromatic rings. The third kappa shape index (κ3) is 3.31. The predicted octanol–water partition coefficient (Wildman–Crippen LogP) is 3.26. The summed E-state index contributed by atoms with van der Waals surface area (Å²) in [6.45, 7) is 4.24. The Morgan fingerprint density at radius 2 is 2.00 bits per heavy atom. The molecule has 0 aliphatic heterocycles. The zero-order chi connectivity index (χ0) is 11.1. The lowest BCUT2D eigenvalue weighted by atomic mass is 9.88. The fourth-order valence-corrected chi connectivity index (χ4v) is 1.90. The van der Waals surface area contributed by atoms with Crippen LogP contribution in [0.2, 0.25) is 0 Å². The summed E-state index contributed by atoms with van der Waals surface area (Å²) >= 11 is 0. The molecule has 1 aromatic heterocycles. The molecular formula is C13H21NO. The SMILES string of the molecule is CCCCC(O)(CCC)c1ccccn1. The Kier molecular flexibility index (Phi) is 4.76. The molecule has 1 atom stereocenters. The minimum Gasteiger partial charge on any atom is -0.384 e. The molecular weight excluding hydrogens is 186 g/mol. The number of rotatable bonds is 6. The first-order valence-electron chi connectivity index (χ1n) is 5.87. The van der Waals surface area contributed by atoms with Crippen molar-refractivity contribution in [1.82, 2.24) is 4.98 Å². The van der Waals surface area contributed by atoms with Gasteiger partial charge >= 0.3 is 0 Å². The van der Waals surface area contributed by atoms with Gasteiger partial charge in [-0.15, -0.1) is 0 Å². The Balaban J connectivity index is 2.80. The van der Waals surface area contributed by atoms with Gasteiger partial charge in [-0.2, -0.15) is 0 Å². The molecule has 1 rings (SSSR count). The van der Waals surface area contributed by atoms with E-state index < -0.39 is 5.60 Å².